The second-order valence-electron chi connectivity index (χ2n) is 5.14. The Kier molecular flexibility index (Phi) is 4.73. The molecule has 18 heavy (non-hydrogen) atoms. The summed E-state index contributed by atoms with van der Waals surface area (Å²) in [6, 6.07) is 2.24. The lowest BCUT2D eigenvalue weighted by Gasteiger charge is -2.40. The second kappa shape index (κ2) is 6.11. The first kappa shape index (κ1) is 13.9. The lowest BCUT2D eigenvalue weighted by Crippen LogP contribution is -2.43. The van der Waals surface area contributed by atoms with Gasteiger partial charge in [-0.05, 0) is 38.5 Å². The summed E-state index contributed by atoms with van der Waals surface area (Å²) in [7, 11) is 0. The molecule has 1 aliphatic rings. The van der Waals surface area contributed by atoms with E-state index in [-0.39, 0.29) is 0 Å². The van der Waals surface area contributed by atoms with E-state index < -0.39 is 0 Å². The summed E-state index contributed by atoms with van der Waals surface area (Å²) in [4.78, 5) is 0. The van der Waals surface area contributed by atoms with Crippen LogP contribution in [0.1, 0.15) is 44.5 Å². The minimum absolute atomic E-state index is 0.519. The summed E-state index contributed by atoms with van der Waals surface area (Å²) in [6.45, 7) is 7.36. The Labute approximate surface area is 115 Å². The molecule has 0 unspecified atom stereocenters. The molecule has 4 heteroatoms. The van der Waals surface area contributed by atoms with Crippen molar-refractivity contribution in [3.8, 4) is 0 Å². The van der Waals surface area contributed by atoms with Crippen molar-refractivity contribution in [2.75, 3.05) is 12.8 Å². The highest BCUT2D eigenvalue weighted by atomic mass is 32.2. The first-order valence-electron chi connectivity index (χ1n) is 7.04. The number of nitrogens with zero attached hydrogens (tertiary/aromatic N) is 2. The normalized spacial score (nSPS) is 17.7. The fourth-order valence-electron chi connectivity index (χ4n) is 2.55. The Morgan fingerprint density at radius 1 is 1.44 bits per heavy atom. The SMILES string of the molecule is CCc1cc(CNCC2(SC)CCC2)n(CC)n1. The Morgan fingerprint density at radius 2 is 2.22 bits per heavy atom. The average Bonchev–Trinajstić information content (AvgIpc) is 2.75. The van der Waals surface area contributed by atoms with Crippen molar-refractivity contribution in [3.05, 3.63) is 17.5 Å². The molecule has 1 heterocycles. The van der Waals surface area contributed by atoms with E-state index in [4.69, 9.17) is 0 Å². The van der Waals surface area contributed by atoms with Gasteiger partial charge in [-0.2, -0.15) is 16.9 Å². The van der Waals surface area contributed by atoms with Crippen LogP contribution < -0.4 is 5.32 Å². The molecule has 2 rings (SSSR count). The standard InChI is InChI=1S/C14H25N3S/c1-4-12-9-13(17(5-2)16-12)10-15-11-14(18-3)7-6-8-14/h9,15H,4-8,10-11H2,1-3H3. The van der Waals surface area contributed by atoms with Crippen LogP contribution in [0.3, 0.4) is 0 Å². The van der Waals surface area contributed by atoms with Gasteiger partial charge in [0, 0.05) is 24.4 Å². The summed E-state index contributed by atoms with van der Waals surface area (Å²) in [5.74, 6) is 0. The number of thioether (sulfide) groups is 1. The fourth-order valence-corrected chi connectivity index (χ4v) is 3.49. The molecule has 0 atom stereocenters. The number of hydrogen-bond acceptors (Lipinski definition) is 3. The molecule has 0 spiro atoms. The zero-order valence-corrected chi connectivity index (χ0v) is 12.6. The van der Waals surface area contributed by atoms with Gasteiger partial charge in [-0.1, -0.05) is 13.3 Å². The zero-order valence-electron chi connectivity index (χ0n) is 11.8. The highest BCUT2D eigenvalue weighted by molar-refractivity contribution is 8.00. The molecule has 1 aromatic rings. The Hall–Kier alpha value is -0.480. The molecule has 0 aliphatic heterocycles. The van der Waals surface area contributed by atoms with Crippen LogP contribution in [0, 0.1) is 0 Å². The first-order valence-corrected chi connectivity index (χ1v) is 8.27. The van der Waals surface area contributed by atoms with Crippen LogP contribution in [0.5, 0.6) is 0 Å². The van der Waals surface area contributed by atoms with Gasteiger partial charge in [0.1, 0.15) is 0 Å². The smallest absolute Gasteiger partial charge is 0.0625 e. The van der Waals surface area contributed by atoms with Gasteiger partial charge in [0.2, 0.25) is 0 Å². The summed E-state index contributed by atoms with van der Waals surface area (Å²) in [6.07, 6.45) is 7.40. The maximum Gasteiger partial charge on any atom is 0.0625 e. The maximum absolute atomic E-state index is 4.59. The van der Waals surface area contributed by atoms with E-state index in [0.29, 0.717) is 4.75 Å². The third-order valence-electron chi connectivity index (χ3n) is 4.03. The molecule has 1 N–H and O–H groups in total. The van der Waals surface area contributed by atoms with Crippen molar-refractivity contribution in [2.24, 2.45) is 0 Å². The number of aromatic nitrogens is 2. The lowest BCUT2D eigenvalue weighted by molar-refractivity contribution is 0.343. The molecule has 0 saturated heterocycles. The van der Waals surface area contributed by atoms with Crippen molar-refractivity contribution in [1.82, 2.24) is 15.1 Å². The molecular weight excluding hydrogens is 242 g/mol. The van der Waals surface area contributed by atoms with Crippen LogP contribution >= 0.6 is 11.8 Å². The monoisotopic (exact) mass is 267 g/mol. The molecule has 1 fully saturated rings. The van der Waals surface area contributed by atoms with E-state index >= 15 is 0 Å². The van der Waals surface area contributed by atoms with Crippen molar-refractivity contribution in [1.29, 1.82) is 0 Å². The Morgan fingerprint density at radius 3 is 2.72 bits per heavy atom. The molecular formula is C14H25N3S. The van der Waals surface area contributed by atoms with Crippen molar-refractivity contribution < 1.29 is 0 Å². The van der Waals surface area contributed by atoms with Crippen LogP contribution in [0.15, 0.2) is 6.07 Å². The van der Waals surface area contributed by atoms with Gasteiger partial charge < -0.3 is 5.32 Å². The van der Waals surface area contributed by atoms with Crippen LogP contribution in [0.25, 0.3) is 0 Å². The largest absolute Gasteiger partial charge is 0.310 e. The third kappa shape index (κ3) is 2.91. The minimum Gasteiger partial charge on any atom is -0.310 e. The van der Waals surface area contributed by atoms with Gasteiger partial charge in [0.15, 0.2) is 0 Å². The maximum atomic E-state index is 4.59. The minimum atomic E-state index is 0.519. The van der Waals surface area contributed by atoms with E-state index in [2.05, 4.69) is 41.3 Å². The van der Waals surface area contributed by atoms with E-state index in [1.54, 1.807) is 0 Å². The zero-order chi connectivity index (χ0) is 13.0. The predicted octanol–water partition coefficient (Wildman–Crippen LogP) is 2.84. The van der Waals surface area contributed by atoms with Crippen molar-refractivity contribution in [3.63, 3.8) is 0 Å². The number of rotatable bonds is 7. The van der Waals surface area contributed by atoms with E-state index in [0.717, 1.165) is 26.1 Å². The van der Waals surface area contributed by atoms with Crippen LogP contribution in [-0.4, -0.2) is 27.3 Å². The topological polar surface area (TPSA) is 29.9 Å². The van der Waals surface area contributed by atoms with Gasteiger partial charge in [-0.15, -0.1) is 0 Å². The third-order valence-corrected chi connectivity index (χ3v) is 5.45. The highest BCUT2D eigenvalue weighted by Crippen LogP contribution is 2.42. The predicted molar refractivity (Wildman–Crippen MR) is 79.1 cm³/mol. The Bertz CT molecular complexity index is 377. The van der Waals surface area contributed by atoms with Gasteiger partial charge in [-0.25, -0.2) is 0 Å². The van der Waals surface area contributed by atoms with Crippen LogP contribution in [0.2, 0.25) is 0 Å². The lowest BCUT2D eigenvalue weighted by atomic mass is 9.84. The van der Waals surface area contributed by atoms with E-state index in [9.17, 15) is 0 Å². The second-order valence-corrected chi connectivity index (χ2v) is 6.41. The number of aryl methyl sites for hydroxylation is 2. The molecule has 1 saturated carbocycles. The van der Waals surface area contributed by atoms with Crippen LogP contribution in [0.4, 0.5) is 0 Å². The molecule has 1 aromatic heterocycles. The van der Waals surface area contributed by atoms with Gasteiger partial charge in [-0.3, -0.25) is 4.68 Å². The molecule has 102 valence electrons. The van der Waals surface area contributed by atoms with Crippen LogP contribution in [-0.2, 0) is 19.5 Å². The summed E-state index contributed by atoms with van der Waals surface area (Å²) in [5, 5.41) is 8.21. The summed E-state index contributed by atoms with van der Waals surface area (Å²) < 4.78 is 2.64. The summed E-state index contributed by atoms with van der Waals surface area (Å²) in [5.41, 5.74) is 2.53. The molecule has 0 bridgehead atoms. The average molecular weight is 267 g/mol. The molecule has 3 nitrogen and oxygen atoms in total. The summed E-state index contributed by atoms with van der Waals surface area (Å²) >= 11 is 2.03. The van der Waals surface area contributed by atoms with E-state index in [1.807, 2.05) is 11.8 Å². The van der Waals surface area contributed by atoms with Gasteiger partial charge in [0.05, 0.1) is 11.4 Å². The van der Waals surface area contributed by atoms with Gasteiger partial charge in [0.25, 0.3) is 0 Å². The molecule has 1 aliphatic carbocycles. The quantitative estimate of drug-likeness (QED) is 0.824. The molecule has 0 amide bonds. The molecule has 0 radical (unpaired) electrons. The number of hydrogen-bond donors (Lipinski definition) is 1. The molecule has 0 aromatic carbocycles. The first-order chi connectivity index (χ1) is 8.73. The van der Waals surface area contributed by atoms with Crippen molar-refractivity contribution >= 4 is 11.8 Å². The highest BCUT2D eigenvalue weighted by Gasteiger charge is 2.35. The van der Waals surface area contributed by atoms with Crippen molar-refractivity contribution in [2.45, 2.75) is 57.4 Å². The number of nitrogens with one attached hydrogen (secondary N) is 1. The fraction of sp³-hybridized carbons (Fsp3) is 0.786. The van der Waals surface area contributed by atoms with Gasteiger partial charge >= 0.3 is 0 Å². The van der Waals surface area contributed by atoms with E-state index in [1.165, 1.54) is 30.7 Å². The Balaban J connectivity index is 1.87.